The van der Waals surface area contributed by atoms with Gasteiger partial charge in [-0.2, -0.15) is 0 Å². The molecule has 1 aromatic heterocycles. The van der Waals surface area contributed by atoms with Crippen molar-refractivity contribution in [2.24, 2.45) is 0 Å². The Kier molecular flexibility index (Phi) is 3.05. The molecule has 4 heteroatoms. The lowest BCUT2D eigenvalue weighted by Gasteiger charge is -2.26. The van der Waals surface area contributed by atoms with E-state index in [-0.39, 0.29) is 0 Å². The molecule has 0 amide bonds. The maximum atomic E-state index is 5.93. The fraction of sp³-hybridized carbons (Fsp3) is 0.600. The molecule has 3 nitrogen and oxygen atoms in total. The van der Waals surface area contributed by atoms with Crippen LogP contribution in [-0.4, -0.2) is 31.1 Å². The summed E-state index contributed by atoms with van der Waals surface area (Å²) in [7, 11) is 0. The van der Waals surface area contributed by atoms with Crippen LogP contribution in [0.15, 0.2) is 6.07 Å². The van der Waals surface area contributed by atoms with Gasteiger partial charge in [-0.1, -0.05) is 0 Å². The van der Waals surface area contributed by atoms with Crippen molar-refractivity contribution in [3.05, 3.63) is 16.5 Å². The van der Waals surface area contributed by atoms with Gasteiger partial charge in [0.05, 0.1) is 5.00 Å². The number of nitrogens with two attached hydrogens (primary N) is 1. The first-order valence-electron chi connectivity index (χ1n) is 5.03. The minimum atomic E-state index is 0.987. The lowest BCUT2D eigenvalue weighted by atomic mass is 10.2. The zero-order chi connectivity index (χ0) is 9.97. The van der Waals surface area contributed by atoms with Gasteiger partial charge < -0.3 is 11.1 Å². The van der Waals surface area contributed by atoms with Gasteiger partial charge in [-0.05, 0) is 13.0 Å². The van der Waals surface area contributed by atoms with Crippen molar-refractivity contribution in [2.75, 3.05) is 31.9 Å². The van der Waals surface area contributed by atoms with E-state index in [1.807, 2.05) is 0 Å². The van der Waals surface area contributed by atoms with E-state index in [2.05, 4.69) is 23.2 Å². The van der Waals surface area contributed by atoms with E-state index < -0.39 is 0 Å². The van der Waals surface area contributed by atoms with E-state index in [1.54, 1.807) is 11.3 Å². The van der Waals surface area contributed by atoms with Crippen molar-refractivity contribution < 1.29 is 0 Å². The molecular formula is C10H17N3S. The summed E-state index contributed by atoms with van der Waals surface area (Å²) >= 11 is 1.69. The molecule has 0 aromatic carbocycles. The van der Waals surface area contributed by atoms with E-state index >= 15 is 0 Å². The first-order valence-corrected chi connectivity index (χ1v) is 5.85. The number of nitrogens with zero attached hydrogens (tertiary/aromatic N) is 1. The zero-order valence-electron chi connectivity index (χ0n) is 8.55. The van der Waals surface area contributed by atoms with Crippen LogP contribution in [0.2, 0.25) is 0 Å². The quantitative estimate of drug-likeness (QED) is 0.768. The summed E-state index contributed by atoms with van der Waals surface area (Å²) in [4.78, 5) is 3.77. The Bertz CT molecular complexity index is 302. The summed E-state index contributed by atoms with van der Waals surface area (Å²) in [6.45, 7) is 7.59. The van der Waals surface area contributed by atoms with E-state index in [1.165, 1.54) is 10.4 Å². The maximum Gasteiger partial charge on any atom is 0.0904 e. The number of nitrogen functional groups attached to an aromatic ring is 1. The Labute approximate surface area is 88.9 Å². The van der Waals surface area contributed by atoms with Gasteiger partial charge in [-0.15, -0.1) is 11.3 Å². The lowest BCUT2D eigenvalue weighted by Crippen LogP contribution is -2.42. The Morgan fingerprint density at radius 1 is 1.50 bits per heavy atom. The summed E-state index contributed by atoms with van der Waals surface area (Å²) in [6.07, 6.45) is 0. The largest absolute Gasteiger partial charge is 0.390 e. The van der Waals surface area contributed by atoms with Gasteiger partial charge >= 0.3 is 0 Å². The molecule has 0 radical (unpaired) electrons. The second-order valence-electron chi connectivity index (χ2n) is 3.77. The first kappa shape index (κ1) is 9.96. The van der Waals surface area contributed by atoms with Crippen LogP contribution < -0.4 is 11.1 Å². The molecule has 2 heterocycles. The molecule has 2 rings (SSSR count). The molecule has 0 spiro atoms. The molecule has 78 valence electrons. The van der Waals surface area contributed by atoms with Crippen molar-refractivity contribution in [2.45, 2.75) is 13.5 Å². The summed E-state index contributed by atoms with van der Waals surface area (Å²) in [6, 6.07) is 2.21. The van der Waals surface area contributed by atoms with Crippen LogP contribution in [0.25, 0.3) is 0 Å². The van der Waals surface area contributed by atoms with Crippen molar-refractivity contribution in [3.63, 3.8) is 0 Å². The smallest absolute Gasteiger partial charge is 0.0904 e. The van der Waals surface area contributed by atoms with Gasteiger partial charge in [0, 0.05) is 43.2 Å². The van der Waals surface area contributed by atoms with Crippen molar-refractivity contribution in [1.29, 1.82) is 0 Å². The highest BCUT2D eigenvalue weighted by Gasteiger charge is 2.12. The van der Waals surface area contributed by atoms with Gasteiger partial charge in [0.25, 0.3) is 0 Å². The van der Waals surface area contributed by atoms with Gasteiger partial charge in [0.2, 0.25) is 0 Å². The van der Waals surface area contributed by atoms with E-state index in [0.29, 0.717) is 0 Å². The highest BCUT2D eigenvalue weighted by Crippen LogP contribution is 2.25. The Morgan fingerprint density at radius 2 is 2.21 bits per heavy atom. The SMILES string of the molecule is Cc1cc(CN2CCNCC2)c(N)s1. The molecule has 1 aliphatic heterocycles. The van der Waals surface area contributed by atoms with Crippen LogP contribution in [-0.2, 0) is 6.54 Å². The lowest BCUT2D eigenvalue weighted by molar-refractivity contribution is 0.234. The molecule has 14 heavy (non-hydrogen) atoms. The number of piperazine rings is 1. The van der Waals surface area contributed by atoms with Crippen LogP contribution in [0.1, 0.15) is 10.4 Å². The third kappa shape index (κ3) is 2.26. The second kappa shape index (κ2) is 4.29. The summed E-state index contributed by atoms with van der Waals surface area (Å²) in [5, 5.41) is 4.34. The minimum absolute atomic E-state index is 0.987. The third-order valence-electron chi connectivity index (χ3n) is 2.57. The number of hydrogen-bond acceptors (Lipinski definition) is 4. The predicted octanol–water partition coefficient (Wildman–Crippen LogP) is 1.04. The average molecular weight is 211 g/mol. The Morgan fingerprint density at radius 3 is 2.79 bits per heavy atom. The van der Waals surface area contributed by atoms with Crippen LogP contribution in [0.3, 0.4) is 0 Å². The monoisotopic (exact) mass is 211 g/mol. The molecule has 0 atom stereocenters. The minimum Gasteiger partial charge on any atom is -0.390 e. The number of nitrogens with one attached hydrogen (secondary N) is 1. The fourth-order valence-electron chi connectivity index (χ4n) is 1.82. The number of thiophene rings is 1. The molecule has 3 N–H and O–H groups in total. The van der Waals surface area contributed by atoms with Crippen LogP contribution in [0, 0.1) is 6.92 Å². The molecule has 0 saturated carbocycles. The normalized spacial score (nSPS) is 18.6. The maximum absolute atomic E-state index is 5.93. The second-order valence-corrected chi connectivity index (χ2v) is 5.06. The number of rotatable bonds is 2. The van der Waals surface area contributed by atoms with Crippen molar-refractivity contribution >= 4 is 16.3 Å². The number of aryl methyl sites for hydroxylation is 1. The van der Waals surface area contributed by atoms with E-state index in [4.69, 9.17) is 5.73 Å². The first-order chi connectivity index (χ1) is 6.75. The molecule has 0 aliphatic carbocycles. The molecule has 1 saturated heterocycles. The third-order valence-corrected chi connectivity index (χ3v) is 3.49. The van der Waals surface area contributed by atoms with Gasteiger partial charge in [-0.3, -0.25) is 4.90 Å². The highest BCUT2D eigenvalue weighted by molar-refractivity contribution is 7.16. The average Bonchev–Trinajstić information content (AvgIpc) is 2.47. The van der Waals surface area contributed by atoms with Crippen LogP contribution in [0.4, 0.5) is 5.00 Å². The zero-order valence-corrected chi connectivity index (χ0v) is 9.36. The van der Waals surface area contributed by atoms with Crippen molar-refractivity contribution in [3.8, 4) is 0 Å². The Hall–Kier alpha value is -0.580. The molecule has 0 unspecified atom stereocenters. The van der Waals surface area contributed by atoms with E-state index in [0.717, 1.165) is 37.7 Å². The number of hydrogen-bond donors (Lipinski definition) is 2. The molecule has 0 bridgehead atoms. The Balaban J connectivity index is 1.98. The van der Waals surface area contributed by atoms with Crippen LogP contribution >= 0.6 is 11.3 Å². The number of anilines is 1. The van der Waals surface area contributed by atoms with Crippen LogP contribution in [0.5, 0.6) is 0 Å². The summed E-state index contributed by atoms with van der Waals surface area (Å²) in [5.74, 6) is 0. The van der Waals surface area contributed by atoms with Gasteiger partial charge in [0.1, 0.15) is 0 Å². The van der Waals surface area contributed by atoms with E-state index in [9.17, 15) is 0 Å². The fourth-order valence-corrected chi connectivity index (χ4v) is 2.62. The molecule has 1 aromatic rings. The highest BCUT2D eigenvalue weighted by atomic mass is 32.1. The molecule has 1 aliphatic rings. The van der Waals surface area contributed by atoms with Gasteiger partial charge in [-0.25, -0.2) is 0 Å². The summed E-state index contributed by atoms with van der Waals surface area (Å²) in [5.41, 5.74) is 7.24. The summed E-state index contributed by atoms with van der Waals surface area (Å²) < 4.78 is 0. The van der Waals surface area contributed by atoms with Crippen molar-refractivity contribution in [1.82, 2.24) is 10.2 Å². The standard InChI is InChI=1S/C10H17N3S/c1-8-6-9(10(11)14-8)7-13-4-2-12-3-5-13/h6,12H,2-5,7,11H2,1H3. The topological polar surface area (TPSA) is 41.3 Å². The molecular weight excluding hydrogens is 194 g/mol. The molecule has 1 fully saturated rings. The van der Waals surface area contributed by atoms with Gasteiger partial charge in [0.15, 0.2) is 0 Å². The predicted molar refractivity (Wildman–Crippen MR) is 61.6 cm³/mol.